The predicted molar refractivity (Wildman–Crippen MR) is 91.2 cm³/mol. The Balaban J connectivity index is 2.44. The molecule has 6 heteroatoms. The quantitative estimate of drug-likeness (QED) is 0.827. The zero-order valence-electron chi connectivity index (χ0n) is 15.3. The average Bonchev–Trinajstić information content (AvgIpc) is 2.61. The van der Waals surface area contributed by atoms with Crippen LogP contribution in [0.4, 0.5) is 0 Å². The van der Waals surface area contributed by atoms with Gasteiger partial charge in [0.1, 0.15) is 0 Å². The van der Waals surface area contributed by atoms with E-state index >= 15 is 0 Å². The molecule has 0 aliphatic carbocycles. The first kappa shape index (κ1) is 18.4. The highest BCUT2D eigenvalue weighted by atomic mass is 16.5. The first-order valence-electron chi connectivity index (χ1n) is 8.22. The summed E-state index contributed by atoms with van der Waals surface area (Å²) in [5.41, 5.74) is 0.518. The smallest absolute Gasteiger partial charge is 0.254 e. The van der Waals surface area contributed by atoms with Crippen molar-refractivity contribution < 1.29 is 23.7 Å². The number of amides is 1. The molecule has 1 amide bonds. The highest BCUT2D eigenvalue weighted by Gasteiger charge is 2.36. The summed E-state index contributed by atoms with van der Waals surface area (Å²) in [5, 5.41) is 0. The lowest BCUT2D eigenvalue weighted by atomic mass is 10.0. The fourth-order valence-electron chi connectivity index (χ4n) is 3.06. The van der Waals surface area contributed by atoms with Crippen LogP contribution in [0, 0.1) is 0 Å². The number of ether oxygens (including phenoxy) is 4. The van der Waals surface area contributed by atoms with Gasteiger partial charge in [0.25, 0.3) is 5.91 Å². The second-order valence-corrected chi connectivity index (χ2v) is 5.97. The third-order valence-corrected chi connectivity index (χ3v) is 4.68. The van der Waals surface area contributed by atoms with E-state index in [1.54, 1.807) is 33.5 Å². The Morgan fingerprint density at radius 1 is 1.17 bits per heavy atom. The maximum Gasteiger partial charge on any atom is 0.254 e. The number of benzene rings is 1. The standard InChI is InChI=1S/C18H27NO5/c1-7-14-10-24-12(3)11(2)19(14)18(20)13-8-15(21-4)17(23-6)16(9-13)22-5/h8-9,11-12,14H,7,10H2,1-6H3. The number of hydrogen-bond acceptors (Lipinski definition) is 5. The minimum atomic E-state index is -0.0521. The van der Waals surface area contributed by atoms with Crippen molar-refractivity contribution in [2.24, 2.45) is 0 Å². The van der Waals surface area contributed by atoms with Gasteiger partial charge in [-0.3, -0.25) is 4.79 Å². The third kappa shape index (κ3) is 3.29. The van der Waals surface area contributed by atoms with Crippen LogP contribution in [-0.4, -0.2) is 56.9 Å². The fraction of sp³-hybridized carbons (Fsp3) is 0.611. The van der Waals surface area contributed by atoms with Crippen molar-refractivity contribution in [1.29, 1.82) is 0 Å². The molecule has 1 aliphatic heterocycles. The molecule has 0 radical (unpaired) electrons. The summed E-state index contributed by atoms with van der Waals surface area (Å²) in [6, 6.07) is 3.45. The molecule has 1 heterocycles. The Hall–Kier alpha value is -1.95. The largest absolute Gasteiger partial charge is 0.493 e. The highest BCUT2D eigenvalue weighted by Crippen LogP contribution is 2.39. The number of nitrogens with zero attached hydrogens (tertiary/aromatic N) is 1. The Morgan fingerprint density at radius 2 is 1.75 bits per heavy atom. The van der Waals surface area contributed by atoms with Crippen molar-refractivity contribution in [2.45, 2.75) is 45.4 Å². The van der Waals surface area contributed by atoms with Crippen molar-refractivity contribution in [2.75, 3.05) is 27.9 Å². The minimum absolute atomic E-state index is 0.00112. The van der Waals surface area contributed by atoms with E-state index in [0.29, 0.717) is 29.4 Å². The first-order valence-corrected chi connectivity index (χ1v) is 8.22. The van der Waals surface area contributed by atoms with Crippen LogP contribution >= 0.6 is 0 Å². The number of carbonyl (C=O) groups is 1. The molecule has 1 saturated heterocycles. The molecular weight excluding hydrogens is 310 g/mol. The normalized spacial score (nSPS) is 23.8. The number of methoxy groups -OCH3 is 3. The van der Waals surface area contributed by atoms with Gasteiger partial charge in [-0.15, -0.1) is 0 Å². The molecule has 2 rings (SSSR count). The third-order valence-electron chi connectivity index (χ3n) is 4.68. The lowest BCUT2D eigenvalue weighted by molar-refractivity contribution is -0.0755. The Bertz CT molecular complexity index is 562. The highest BCUT2D eigenvalue weighted by molar-refractivity contribution is 5.96. The zero-order chi connectivity index (χ0) is 17.9. The van der Waals surface area contributed by atoms with Crippen LogP contribution in [0.25, 0.3) is 0 Å². The van der Waals surface area contributed by atoms with Gasteiger partial charge >= 0.3 is 0 Å². The van der Waals surface area contributed by atoms with E-state index < -0.39 is 0 Å². The molecule has 0 bridgehead atoms. The second-order valence-electron chi connectivity index (χ2n) is 5.97. The van der Waals surface area contributed by atoms with Gasteiger partial charge in [-0.2, -0.15) is 0 Å². The van der Waals surface area contributed by atoms with Gasteiger partial charge in [0.2, 0.25) is 5.75 Å². The molecule has 6 nitrogen and oxygen atoms in total. The second kappa shape index (κ2) is 7.75. The van der Waals surface area contributed by atoms with Crippen molar-refractivity contribution in [3.63, 3.8) is 0 Å². The summed E-state index contributed by atoms with van der Waals surface area (Å²) >= 11 is 0. The van der Waals surface area contributed by atoms with Gasteiger partial charge < -0.3 is 23.8 Å². The maximum absolute atomic E-state index is 13.2. The van der Waals surface area contributed by atoms with Crippen LogP contribution in [0.2, 0.25) is 0 Å². The summed E-state index contributed by atoms with van der Waals surface area (Å²) in [4.78, 5) is 15.1. The van der Waals surface area contributed by atoms with E-state index in [0.717, 1.165) is 6.42 Å². The monoisotopic (exact) mass is 337 g/mol. The van der Waals surface area contributed by atoms with Crippen molar-refractivity contribution in [3.8, 4) is 17.2 Å². The molecule has 1 fully saturated rings. The van der Waals surface area contributed by atoms with Crippen LogP contribution in [0.3, 0.4) is 0 Å². The summed E-state index contributed by atoms with van der Waals surface area (Å²) in [7, 11) is 4.63. The molecular formula is C18H27NO5. The molecule has 1 aliphatic rings. The molecule has 0 saturated carbocycles. The molecule has 3 unspecified atom stereocenters. The van der Waals surface area contributed by atoms with E-state index in [1.165, 1.54) is 0 Å². The van der Waals surface area contributed by atoms with Gasteiger partial charge in [0.05, 0.1) is 46.1 Å². The summed E-state index contributed by atoms with van der Waals surface area (Å²) < 4.78 is 21.8. The molecule has 0 aromatic heterocycles. The zero-order valence-corrected chi connectivity index (χ0v) is 15.3. The van der Waals surface area contributed by atoms with Gasteiger partial charge in [-0.1, -0.05) is 6.92 Å². The van der Waals surface area contributed by atoms with Crippen LogP contribution in [-0.2, 0) is 4.74 Å². The predicted octanol–water partition coefficient (Wildman–Crippen LogP) is 2.74. The Kier molecular flexibility index (Phi) is 5.94. The fourth-order valence-corrected chi connectivity index (χ4v) is 3.06. The number of hydrogen-bond donors (Lipinski definition) is 0. The molecule has 134 valence electrons. The van der Waals surface area contributed by atoms with Crippen molar-refractivity contribution >= 4 is 5.91 Å². The molecule has 1 aromatic rings. The van der Waals surface area contributed by atoms with Crippen LogP contribution in [0.1, 0.15) is 37.6 Å². The number of morpholine rings is 1. The van der Waals surface area contributed by atoms with Gasteiger partial charge in [0.15, 0.2) is 11.5 Å². The lowest BCUT2D eigenvalue weighted by Crippen LogP contribution is -2.56. The SMILES string of the molecule is CCC1COC(C)C(C)N1C(=O)c1cc(OC)c(OC)c(OC)c1. The topological polar surface area (TPSA) is 57.2 Å². The summed E-state index contributed by atoms with van der Waals surface area (Å²) in [6.45, 7) is 6.62. The van der Waals surface area contributed by atoms with Gasteiger partial charge in [-0.05, 0) is 32.4 Å². The summed E-state index contributed by atoms with van der Waals surface area (Å²) in [6.07, 6.45) is 0.839. The van der Waals surface area contributed by atoms with E-state index in [1.807, 2.05) is 18.7 Å². The molecule has 24 heavy (non-hydrogen) atoms. The van der Waals surface area contributed by atoms with E-state index in [2.05, 4.69) is 6.92 Å². The number of carbonyl (C=O) groups excluding carboxylic acids is 1. The van der Waals surface area contributed by atoms with E-state index in [9.17, 15) is 4.79 Å². The van der Waals surface area contributed by atoms with Gasteiger partial charge in [-0.25, -0.2) is 0 Å². The van der Waals surface area contributed by atoms with E-state index in [-0.39, 0.29) is 24.1 Å². The molecule has 0 spiro atoms. The average molecular weight is 337 g/mol. The van der Waals surface area contributed by atoms with Crippen LogP contribution in [0.15, 0.2) is 12.1 Å². The molecule has 3 atom stereocenters. The lowest BCUT2D eigenvalue weighted by Gasteiger charge is -2.43. The Labute approximate surface area is 143 Å². The van der Waals surface area contributed by atoms with Crippen molar-refractivity contribution in [3.05, 3.63) is 17.7 Å². The molecule has 0 N–H and O–H groups in total. The van der Waals surface area contributed by atoms with Crippen molar-refractivity contribution in [1.82, 2.24) is 4.90 Å². The number of rotatable bonds is 5. The maximum atomic E-state index is 13.2. The van der Waals surface area contributed by atoms with Crippen LogP contribution < -0.4 is 14.2 Å². The van der Waals surface area contributed by atoms with Crippen LogP contribution in [0.5, 0.6) is 17.2 Å². The first-order chi connectivity index (χ1) is 11.5. The Morgan fingerprint density at radius 3 is 2.21 bits per heavy atom. The van der Waals surface area contributed by atoms with Gasteiger partial charge in [0, 0.05) is 5.56 Å². The summed E-state index contributed by atoms with van der Waals surface area (Å²) in [5.74, 6) is 1.38. The van der Waals surface area contributed by atoms with E-state index in [4.69, 9.17) is 18.9 Å². The molecule has 1 aromatic carbocycles. The minimum Gasteiger partial charge on any atom is -0.493 e.